The Morgan fingerprint density at radius 1 is 1.38 bits per heavy atom. The average molecular weight is 321 g/mol. The van der Waals surface area contributed by atoms with Crippen molar-refractivity contribution in [3.8, 4) is 0 Å². The molecule has 0 aromatic heterocycles. The lowest BCUT2D eigenvalue weighted by molar-refractivity contribution is -0.137. The van der Waals surface area contributed by atoms with Gasteiger partial charge in [-0.05, 0) is 37.6 Å². The Bertz CT molecular complexity index is 476. The molecule has 0 spiro atoms. The molecule has 0 amide bonds. The van der Waals surface area contributed by atoms with E-state index < -0.39 is 11.7 Å². The summed E-state index contributed by atoms with van der Waals surface area (Å²) in [6.45, 7) is 4.50. The van der Waals surface area contributed by atoms with Crippen LogP contribution in [0.4, 0.5) is 18.9 Å². The van der Waals surface area contributed by atoms with Gasteiger partial charge in [-0.15, -0.1) is 0 Å². The van der Waals surface area contributed by atoms with E-state index in [-0.39, 0.29) is 5.02 Å². The zero-order valence-electron chi connectivity index (χ0n) is 12.0. The zero-order chi connectivity index (χ0) is 15.5. The first kappa shape index (κ1) is 16.4. The van der Waals surface area contributed by atoms with Gasteiger partial charge in [-0.2, -0.15) is 13.2 Å². The van der Waals surface area contributed by atoms with Crippen LogP contribution in [0, 0.1) is 0 Å². The summed E-state index contributed by atoms with van der Waals surface area (Å²) < 4.78 is 38.9. The number of alkyl halides is 3. The van der Waals surface area contributed by atoms with Crippen molar-refractivity contribution < 1.29 is 13.2 Å². The number of nitrogens with zero attached hydrogens (tertiary/aromatic N) is 1. The molecule has 2 rings (SSSR count). The van der Waals surface area contributed by atoms with Gasteiger partial charge in [-0.3, -0.25) is 0 Å². The molecule has 6 heteroatoms. The lowest BCUT2D eigenvalue weighted by atomic mass is 10.1. The highest BCUT2D eigenvalue weighted by Crippen LogP contribution is 2.37. The lowest BCUT2D eigenvalue weighted by Crippen LogP contribution is -2.37. The minimum atomic E-state index is -4.42. The summed E-state index contributed by atoms with van der Waals surface area (Å²) in [6.07, 6.45) is -1.42. The van der Waals surface area contributed by atoms with Crippen LogP contribution in [0.15, 0.2) is 18.2 Å². The summed E-state index contributed by atoms with van der Waals surface area (Å²) in [5.41, 5.74) is -0.164. The largest absolute Gasteiger partial charge is 0.417 e. The van der Waals surface area contributed by atoms with Crippen LogP contribution in [0.25, 0.3) is 0 Å². The molecule has 0 radical (unpaired) electrons. The molecular weight excluding hydrogens is 301 g/mol. The fraction of sp³-hybridized carbons (Fsp3) is 0.600. The molecule has 21 heavy (non-hydrogen) atoms. The van der Waals surface area contributed by atoms with E-state index in [1.807, 2.05) is 4.90 Å². The van der Waals surface area contributed by atoms with Gasteiger partial charge < -0.3 is 10.2 Å². The summed E-state index contributed by atoms with van der Waals surface area (Å²) >= 11 is 5.68. The van der Waals surface area contributed by atoms with Crippen LogP contribution < -0.4 is 10.2 Å². The van der Waals surface area contributed by atoms with Crippen molar-refractivity contribution in [2.45, 2.75) is 38.4 Å². The van der Waals surface area contributed by atoms with E-state index in [0.717, 1.165) is 45.0 Å². The minimum absolute atomic E-state index is 0.246. The number of anilines is 1. The monoisotopic (exact) mass is 320 g/mol. The Kier molecular flexibility index (Phi) is 5.38. The van der Waals surface area contributed by atoms with Crippen LogP contribution in [0.2, 0.25) is 5.02 Å². The number of benzene rings is 1. The molecule has 1 aromatic rings. The van der Waals surface area contributed by atoms with E-state index in [0.29, 0.717) is 11.7 Å². The lowest BCUT2D eigenvalue weighted by Gasteiger charge is -2.27. The molecule has 1 unspecified atom stereocenters. The SMILES string of the molecule is CCCC1CN(c2ccc(Cl)c(C(F)(F)F)c2)CCCN1. The zero-order valence-corrected chi connectivity index (χ0v) is 12.8. The highest BCUT2D eigenvalue weighted by molar-refractivity contribution is 6.31. The van der Waals surface area contributed by atoms with Crippen LogP contribution in [0.5, 0.6) is 0 Å². The van der Waals surface area contributed by atoms with Gasteiger partial charge in [-0.25, -0.2) is 0 Å². The van der Waals surface area contributed by atoms with E-state index >= 15 is 0 Å². The van der Waals surface area contributed by atoms with Crippen molar-refractivity contribution in [1.29, 1.82) is 0 Å². The molecule has 0 aliphatic carbocycles. The molecule has 1 atom stereocenters. The molecule has 1 saturated heterocycles. The van der Waals surface area contributed by atoms with E-state index in [2.05, 4.69) is 12.2 Å². The first-order chi connectivity index (χ1) is 9.91. The topological polar surface area (TPSA) is 15.3 Å². The predicted octanol–water partition coefficient (Wildman–Crippen LogP) is 4.33. The molecule has 1 aromatic carbocycles. The molecule has 2 nitrogen and oxygen atoms in total. The highest BCUT2D eigenvalue weighted by Gasteiger charge is 2.34. The molecule has 1 heterocycles. The maximum atomic E-state index is 13.0. The number of rotatable bonds is 3. The molecule has 0 saturated carbocycles. The van der Waals surface area contributed by atoms with Crippen molar-refractivity contribution >= 4 is 17.3 Å². The summed E-state index contributed by atoms with van der Waals surface area (Å²) in [7, 11) is 0. The third-order valence-corrected chi connectivity index (χ3v) is 4.07. The first-order valence-electron chi connectivity index (χ1n) is 7.27. The van der Waals surface area contributed by atoms with Gasteiger partial charge in [0.15, 0.2) is 0 Å². The number of nitrogens with one attached hydrogen (secondary N) is 1. The van der Waals surface area contributed by atoms with Crippen LogP contribution >= 0.6 is 11.6 Å². The molecule has 1 aliphatic heterocycles. The van der Waals surface area contributed by atoms with Crippen LogP contribution in [-0.2, 0) is 6.18 Å². The van der Waals surface area contributed by atoms with Crippen molar-refractivity contribution in [3.63, 3.8) is 0 Å². The number of hydrogen-bond donors (Lipinski definition) is 1. The van der Waals surface area contributed by atoms with Crippen molar-refractivity contribution in [1.82, 2.24) is 5.32 Å². The van der Waals surface area contributed by atoms with Crippen LogP contribution in [0.3, 0.4) is 0 Å². The summed E-state index contributed by atoms with van der Waals surface area (Å²) in [6, 6.07) is 4.50. The molecule has 0 bridgehead atoms. The maximum Gasteiger partial charge on any atom is 0.417 e. The second kappa shape index (κ2) is 6.88. The Balaban J connectivity index is 2.23. The number of halogens is 4. The van der Waals surface area contributed by atoms with E-state index in [1.54, 1.807) is 6.07 Å². The second-order valence-electron chi connectivity index (χ2n) is 5.40. The second-order valence-corrected chi connectivity index (χ2v) is 5.81. The normalized spacial score (nSPS) is 20.4. The molecule has 1 fully saturated rings. The minimum Gasteiger partial charge on any atom is -0.370 e. The fourth-order valence-corrected chi connectivity index (χ4v) is 2.93. The standard InChI is InChI=1S/C15H20ClF3N2/c1-2-4-11-10-21(8-3-7-20-11)12-5-6-14(16)13(9-12)15(17,18)19/h5-6,9,11,20H,2-4,7-8,10H2,1H3. The molecular formula is C15H20ClF3N2. The van der Waals surface area contributed by atoms with Gasteiger partial charge in [0.05, 0.1) is 10.6 Å². The fourth-order valence-electron chi connectivity index (χ4n) is 2.70. The molecule has 118 valence electrons. The van der Waals surface area contributed by atoms with Gasteiger partial charge in [0, 0.05) is 24.8 Å². The Hall–Kier alpha value is -0.940. The van der Waals surface area contributed by atoms with Crippen molar-refractivity contribution in [3.05, 3.63) is 28.8 Å². The predicted molar refractivity (Wildman–Crippen MR) is 80.0 cm³/mol. The molecule has 1 aliphatic rings. The highest BCUT2D eigenvalue weighted by atomic mass is 35.5. The van der Waals surface area contributed by atoms with Crippen molar-refractivity contribution in [2.75, 3.05) is 24.5 Å². The third-order valence-electron chi connectivity index (χ3n) is 3.74. The third kappa shape index (κ3) is 4.27. The first-order valence-corrected chi connectivity index (χ1v) is 7.64. The molecule has 1 N–H and O–H groups in total. The summed E-state index contributed by atoms with van der Waals surface area (Å²) in [5.74, 6) is 0. The smallest absolute Gasteiger partial charge is 0.370 e. The quantitative estimate of drug-likeness (QED) is 0.892. The van der Waals surface area contributed by atoms with E-state index in [9.17, 15) is 13.2 Å². The maximum absolute atomic E-state index is 13.0. The Labute approximate surface area is 128 Å². The Morgan fingerprint density at radius 2 is 2.14 bits per heavy atom. The van der Waals surface area contributed by atoms with Gasteiger partial charge in [0.25, 0.3) is 0 Å². The van der Waals surface area contributed by atoms with Gasteiger partial charge in [0.1, 0.15) is 0 Å². The summed E-state index contributed by atoms with van der Waals surface area (Å²) in [4.78, 5) is 2.02. The van der Waals surface area contributed by atoms with E-state index in [1.165, 1.54) is 6.07 Å². The Morgan fingerprint density at radius 3 is 2.81 bits per heavy atom. The van der Waals surface area contributed by atoms with Gasteiger partial charge in [0.2, 0.25) is 0 Å². The van der Waals surface area contributed by atoms with Gasteiger partial charge >= 0.3 is 6.18 Å². The van der Waals surface area contributed by atoms with Gasteiger partial charge in [-0.1, -0.05) is 24.9 Å². The average Bonchev–Trinajstić information content (AvgIpc) is 2.64. The van der Waals surface area contributed by atoms with E-state index in [4.69, 9.17) is 11.6 Å². The van der Waals surface area contributed by atoms with Crippen molar-refractivity contribution in [2.24, 2.45) is 0 Å². The number of hydrogen-bond acceptors (Lipinski definition) is 2. The summed E-state index contributed by atoms with van der Waals surface area (Å²) in [5, 5.41) is 3.20. The van der Waals surface area contributed by atoms with Crippen LogP contribution in [0.1, 0.15) is 31.7 Å². The van der Waals surface area contributed by atoms with Crippen LogP contribution in [-0.4, -0.2) is 25.7 Å².